The van der Waals surface area contributed by atoms with Crippen molar-refractivity contribution in [2.45, 2.75) is 45.6 Å². The highest BCUT2D eigenvalue weighted by atomic mass is 19.1. The van der Waals surface area contributed by atoms with Gasteiger partial charge in [0.15, 0.2) is 0 Å². The minimum atomic E-state index is -0.445. The Bertz CT molecular complexity index is 440. The lowest BCUT2D eigenvalue weighted by molar-refractivity contribution is 0.0928. The van der Waals surface area contributed by atoms with Crippen molar-refractivity contribution in [1.29, 1.82) is 0 Å². The average Bonchev–Trinajstić information content (AvgIpc) is 3.15. The fourth-order valence-corrected chi connectivity index (χ4v) is 2.16. The lowest BCUT2D eigenvalue weighted by atomic mass is 10.1. The summed E-state index contributed by atoms with van der Waals surface area (Å²) in [5.41, 5.74) is 1.06. The molecule has 0 spiro atoms. The number of amides is 1. The molecule has 3 heteroatoms. The number of nitrogens with one attached hydrogen (secondary N) is 1. The summed E-state index contributed by atoms with van der Waals surface area (Å²) in [7, 11) is 0. The molecule has 0 heterocycles. The fraction of sp³-hybridized carbons (Fsp3) is 0.533. The lowest BCUT2D eigenvalue weighted by Gasteiger charge is -2.17. The highest BCUT2D eigenvalue weighted by molar-refractivity contribution is 5.94. The van der Waals surface area contributed by atoms with E-state index in [4.69, 9.17) is 0 Å². The number of carbonyl (C=O) groups excluding carboxylic acids is 1. The van der Waals surface area contributed by atoms with Crippen LogP contribution in [0.1, 0.15) is 48.5 Å². The van der Waals surface area contributed by atoms with Crippen LogP contribution in [0.15, 0.2) is 18.2 Å². The Morgan fingerprint density at radius 1 is 1.50 bits per heavy atom. The van der Waals surface area contributed by atoms with E-state index in [1.54, 1.807) is 12.1 Å². The third-order valence-electron chi connectivity index (χ3n) is 3.51. The van der Waals surface area contributed by atoms with Gasteiger partial charge in [-0.2, -0.15) is 0 Å². The van der Waals surface area contributed by atoms with Crippen LogP contribution in [0.25, 0.3) is 0 Å². The Balaban J connectivity index is 2.02. The first kappa shape index (κ1) is 13.1. The van der Waals surface area contributed by atoms with Crippen LogP contribution in [-0.2, 0) is 0 Å². The van der Waals surface area contributed by atoms with Crippen LogP contribution in [0.4, 0.5) is 4.39 Å². The number of hydrogen-bond donors (Lipinski definition) is 1. The van der Waals surface area contributed by atoms with E-state index in [1.165, 1.54) is 18.9 Å². The second-order valence-corrected chi connectivity index (χ2v) is 5.24. The van der Waals surface area contributed by atoms with Gasteiger partial charge >= 0.3 is 0 Å². The molecule has 1 aromatic rings. The Labute approximate surface area is 108 Å². The summed E-state index contributed by atoms with van der Waals surface area (Å²) in [6.45, 7) is 3.91. The van der Waals surface area contributed by atoms with Crippen LogP contribution >= 0.6 is 0 Å². The van der Waals surface area contributed by atoms with Gasteiger partial charge in [-0.25, -0.2) is 4.39 Å². The second kappa shape index (κ2) is 5.51. The van der Waals surface area contributed by atoms with Crippen LogP contribution in [0.2, 0.25) is 0 Å². The van der Waals surface area contributed by atoms with Crippen molar-refractivity contribution in [1.82, 2.24) is 5.32 Å². The second-order valence-electron chi connectivity index (χ2n) is 5.24. The van der Waals surface area contributed by atoms with Gasteiger partial charge in [-0.15, -0.1) is 0 Å². The molecule has 1 atom stereocenters. The molecule has 1 saturated carbocycles. The molecule has 0 radical (unpaired) electrons. The summed E-state index contributed by atoms with van der Waals surface area (Å²) in [6.07, 6.45) is 4.46. The van der Waals surface area contributed by atoms with Gasteiger partial charge < -0.3 is 5.32 Å². The van der Waals surface area contributed by atoms with Crippen molar-refractivity contribution < 1.29 is 9.18 Å². The van der Waals surface area contributed by atoms with Crippen LogP contribution in [0.5, 0.6) is 0 Å². The average molecular weight is 249 g/mol. The maximum absolute atomic E-state index is 13.6. The Kier molecular flexibility index (Phi) is 4.00. The van der Waals surface area contributed by atoms with Crippen LogP contribution in [0.3, 0.4) is 0 Å². The maximum Gasteiger partial charge on any atom is 0.254 e. The smallest absolute Gasteiger partial charge is 0.254 e. The minimum Gasteiger partial charge on any atom is -0.349 e. The molecule has 2 nitrogen and oxygen atoms in total. The van der Waals surface area contributed by atoms with E-state index in [9.17, 15) is 9.18 Å². The molecular weight excluding hydrogens is 229 g/mol. The lowest BCUT2D eigenvalue weighted by Crippen LogP contribution is -2.35. The van der Waals surface area contributed by atoms with E-state index < -0.39 is 5.82 Å². The molecule has 0 aromatic heterocycles. The maximum atomic E-state index is 13.6. The van der Waals surface area contributed by atoms with Crippen molar-refractivity contribution in [3.8, 4) is 0 Å². The minimum absolute atomic E-state index is 0.157. The molecule has 1 unspecified atom stereocenters. The van der Waals surface area contributed by atoms with Crippen molar-refractivity contribution in [3.05, 3.63) is 35.1 Å². The monoisotopic (exact) mass is 249 g/mol. The van der Waals surface area contributed by atoms with Crippen molar-refractivity contribution in [2.24, 2.45) is 5.92 Å². The van der Waals surface area contributed by atoms with Gasteiger partial charge in [-0.05, 0) is 37.8 Å². The van der Waals surface area contributed by atoms with Gasteiger partial charge in [-0.1, -0.05) is 31.4 Å². The Morgan fingerprint density at radius 2 is 2.22 bits per heavy atom. The molecule has 1 fully saturated rings. The first-order valence-corrected chi connectivity index (χ1v) is 6.67. The van der Waals surface area contributed by atoms with Crippen LogP contribution in [-0.4, -0.2) is 11.9 Å². The van der Waals surface area contributed by atoms with Crippen LogP contribution in [0, 0.1) is 18.7 Å². The predicted molar refractivity (Wildman–Crippen MR) is 70.0 cm³/mol. The molecule has 1 amide bonds. The zero-order valence-electron chi connectivity index (χ0n) is 11.0. The molecule has 0 saturated heterocycles. The number of rotatable bonds is 5. The fourth-order valence-electron chi connectivity index (χ4n) is 2.16. The number of hydrogen-bond acceptors (Lipinski definition) is 1. The topological polar surface area (TPSA) is 29.1 Å². The number of aryl methyl sites for hydroxylation is 1. The number of halogens is 1. The van der Waals surface area contributed by atoms with Gasteiger partial charge in [-0.3, -0.25) is 4.79 Å². The molecule has 1 aliphatic rings. The van der Waals surface area contributed by atoms with Crippen molar-refractivity contribution in [2.75, 3.05) is 0 Å². The van der Waals surface area contributed by atoms with Gasteiger partial charge in [0.25, 0.3) is 5.91 Å². The Hall–Kier alpha value is -1.38. The van der Waals surface area contributed by atoms with Gasteiger partial charge in [0, 0.05) is 6.04 Å². The summed E-state index contributed by atoms with van der Waals surface area (Å²) in [5, 5.41) is 2.94. The zero-order valence-corrected chi connectivity index (χ0v) is 11.0. The molecule has 0 aliphatic heterocycles. The van der Waals surface area contributed by atoms with Crippen LogP contribution < -0.4 is 5.32 Å². The van der Waals surface area contributed by atoms with Gasteiger partial charge in [0.1, 0.15) is 5.82 Å². The summed E-state index contributed by atoms with van der Waals surface area (Å²) >= 11 is 0. The first-order chi connectivity index (χ1) is 8.60. The van der Waals surface area contributed by atoms with E-state index in [0.717, 1.165) is 24.3 Å². The first-order valence-electron chi connectivity index (χ1n) is 6.67. The van der Waals surface area contributed by atoms with E-state index in [1.807, 2.05) is 6.92 Å². The van der Waals surface area contributed by atoms with Gasteiger partial charge in [0.05, 0.1) is 5.56 Å². The van der Waals surface area contributed by atoms with Crippen molar-refractivity contribution >= 4 is 5.91 Å². The summed E-state index contributed by atoms with van der Waals surface area (Å²) in [6, 6.07) is 4.80. The molecular formula is C15H20FNO. The van der Waals surface area contributed by atoms with E-state index >= 15 is 0 Å². The molecule has 1 aromatic carbocycles. The Morgan fingerprint density at radius 3 is 2.83 bits per heavy atom. The normalized spacial score (nSPS) is 16.4. The number of benzene rings is 1. The van der Waals surface area contributed by atoms with E-state index in [0.29, 0.717) is 0 Å². The molecule has 2 rings (SSSR count). The summed E-state index contributed by atoms with van der Waals surface area (Å²) in [5.74, 6) is 0.0284. The highest BCUT2D eigenvalue weighted by Gasteiger charge is 2.26. The largest absolute Gasteiger partial charge is 0.349 e. The number of carbonyl (C=O) groups is 1. The van der Waals surface area contributed by atoms with Crippen molar-refractivity contribution in [3.63, 3.8) is 0 Å². The molecule has 1 aliphatic carbocycles. The van der Waals surface area contributed by atoms with E-state index in [2.05, 4.69) is 12.2 Å². The summed E-state index contributed by atoms with van der Waals surface area (Å²) in [4.78, 5) is 12.0. The highest BCUT2D eigenvalue weighted by Crippen LogP contribution is 2.34. The third kappa shape index (κ3) is 3.31. The standard InChI is InChI=1S/C15H20FNO/c1-3-12(9-11-5-6-11)17-15(18)13-8-10(2)4-7-14(13)16/h4,7-8,11-12H,3,5-6,9H2,1-2H3,(H,17,18). The third-order valence-corrected chi connectivity index (χ3v) is 3.51. The molecule has 0 bridgehead atoms. The predicted octanol–water partition coefficient (Wildman–Crippen LogP) is 3.44. The molecule has 1 N–H and O–H groups in total. The SMILES string of the molecule is CCC(CC1CC1)NC(=O)c1cc(C)ccc1F. The van der Waals surface area contributed by atoms with E-state index in [-0.39, 0.29) is 17.5 Å². The molecule has 98 valence electrons. The molecule has 18 heavy (non-hydrogen) atoms. The van der Waals surface area contributed by atoms with Gasteiger partial charge in [0.2, 0.25) is 0 Å². The quantitative estimate of drug-likeness (QED) is 0.851. The summed E-state index contributed by atoms with van der Waals surface area (Å²) < 4.78 is 13.6. The zero-order chi connectivity index (χ0) is 13.1.